The van der Waals surface area contributed by atoms with E-state index in [9.17, 15) is 14.7 Å². The number of hydrogen-bond donors (Lipinski definition) is 1. The highest BCUT2D eigenvalue weighted by Crippen LogP contribution is 2.42. The van der Waals surface area contributed by atoms with Crippen LogP contribution in [-0.4, -0.2) is 17.6 Å². The topological polar surface area (TPSA) is 69.2 Å². The number of rotatable bonds is 8. The third-order valence-electron chi connectivity index (χ3n) is 4.97. The van der Waals surface area contributed by atoms with Gasteiger partial charge in [0, 0.05) is 16.1 Å². The molecule has 25 heavy (non-hydrogen) atoms. The summed E-state index contributed by atoms with van der Waals surface area (Å²) < 4.78 is 0. The summed E-state index contributed by atoms with van der Waals surface area (Å²) in [6.45, 7) is 4.39. The standard InChI is InChI=1S/C20H29NO3S/c1-15(2)10-13-20(11-6-3-7-12-20)19(24)21-16-8-4-5-9-17(16)25-14-18(22)23/h4-5,8-9,15H,3,6-7,10-14H2,1-2H3,(H,21,24)(H,22,23)/p-1. The lowest BCUT2D eigenvalue weighted by molar-refractivity contribution is -0.301. The van der Waals surface area contributed by atoms with Gasteiger partial charge in [0.1, 0.15) is 0 Å². The van der Waals surface area contributed by atoms with E-state index in [0.717, 1.165) is 43.4 Å². The molecule has 0 saturated heterocycles. The molecule has 0 aliphatic heterocycles. The molecule has 1 aromatic rings. The molecule has 1 aliphatic carbocycles. The first-order chi connectivity index (χ1) is 11.9. The van der Waals surface area contributed by atoms with Crippen LogP contribution in [0.3, 0.4) is 0 Å². The number of benzene rings is 1. The van der Waals surface area contributed by atoms with Crippen molar-refractivity contribution in [3.05, 3.63) is 24.3 Å². The maximum Gasteiger partial charge on any atom is 0.230 e. The average Bonchev–Trinajstić information content (AvgIpc) is 2.60. The molecule has 2 rings (SSSR count). The Hall–Kier alpha value is -1.49. The molecule has 0 atom stereocenters. The summed E-state index contributed by atoms with van der Waals surface area (Å²) in [4.78, 5) is 24.7. The molecule has 1 aromatic carbocycles. The van der Waals surface area contributed by atoms with Crippen molar-refractivity contribution in [2.75, 3.05) is 11.1 Å². The molecule has 1 amide bonds. The summed E-state index contributed by atoms with van der Waals surface area (Å²) in [5.74, 6) is -0.551. The Balaban J connectivity index is 2.13. The first-order valence-corrected chi connectivity index (χ1v) is 10.1. The molecule has 0 heterocycles. The van der Waals surface area contributed by atoms with Crippen LogP contribution in [0.25, 0.3) is 0 Å². The van der Waals surface area contributed by atoms with Crippen LogP contribution in [0.5, 0.6) is 0 Å². The predicted octanol–water partition coefficient (Wildman–Crippen LogP) is 3.85. The first-order valence-electron chi connectivity index (χ1n) is 9.16. The summed E-state index contributed by atoms with van der Waals surface area (Å²) in [6.07, 6.45) is 7.27. The molecule has 0 unspecified atom stereocenters. The van der Waals surface area contributed by atoms with Gasteiger partial charge in [0.2, 0.25) is 5.91 Å². The number of thioether (sulfide) groups is 1. The molecule has 5 heteroatoms. The molecule has 0 bridgehead atoms. The number of carbonyl (C=O) groups excluding carboxylic acids is 2. The zero-order valence-electron chi connectivity index (χ0n) is 15.2. The number of para-hydroxylation sites is 1. The summed E-state index contributed by atoms with van der Waals surface area (Å²) >= 11 is 1.18. The Kier molecular flexibility index (Phi) is 7.36. The number of nitrogens with one attached hydrogen (secondary N) is 1. The lowest BCUT2D eigenvalue weighted by Gasteiger charge is -2.36. The van der Waals surface area contributed by atoms with Gasteiger partial charge in [-0.05, 0) is 43.7 Å². The van der Waals surface area contributed by atoms with Gasteiger partial charge in [-0.25, -0.2) is 0 Å². The summed E-state index contributed by atoms with van der Waals surface area (Å²) in [5.41, 5.74) is 0.419. The van der Waals surface area contributed by atoms with Crippen LogP contribution >= 0.6 is 11.8 Å². The van der Waals surface area contributed by atoms with Crippen LogP contribution in [0.1, 0.15) is 58.8 Å². The van der Waals surface area contributed by atoms with Crippen molar-refractivity contribution in [2.45, 2.75) is 63.7 Å². The summed E-state index contributed by atoms with van der Waals surface area (Å²) in [6, 6.07) is 7.39. The van der Waals surface area contributed by atoms with Crippen molar-refractivity contribution < 1.29 is 14.7 Å². The van der Waals surface area contributed by atoms with Gasteiger partial charge in [-0.3, -0.25) is 4.79 Å². The second-order valence-electron chi connectivity index (χ2n) is 7.38. The van der Waals surface area contributed by atoms with E-state index in [4.69, 9.17) is 0 Å². The molecule has 0 radical (unpaired) electrons. The SMILES string of the molecule is CC(C)CCC1(C(=O)Nc2ccccc2SCC(=O)[O-])CCCCC1. The molecule has 1 saturated carbocycles. The molecule has 1 fully saturated rings. The second-order valence-corrected chi connectivity index (χ2v) is 8.40. The molecule has 1 aliphatic rings. The second kappa shape index (κ2) is 9.27. The van der Waals surface area contributed by atoms with Gasteiger partial charge >= 0.3 is 0 Å². The Bertz CT molecular complexity index is 594. The Morgan fingerprint density at radius 1 is 1.20 bits per heavy atom. The van der Waals surface area contributed by atoms with Crippen LogP contribution in [0.4, 0.5) is 5.69 Å². The number of carboxylic acids is 1. The van der Waals surface area contributed by atoms with Gasteiger partial charge in [-0.2, -0.15) is 0 Å². The van der Waals surface area contributed by atoms with Crippen LogP contribution in [0.15, 0.2) is 29.2 Å². The van der Waals surface area contributed by atoms with E-state index in [2.05, 4.69) is 19.2 Å². The molecular formula is C20H28NO3S-. The number of carbonyl (C=O) groups is 2. The minimum atomic E-state index is -1.10. The van der Waals surface area contributed by atoms with Crippen molar-refractivity contribution in [3.63, 3.8) is 0 Å². The third kappa shape index (κ3) is 5.77. The van der Waals surface area contributed by atoms with Crippen molar-refractivity contribution in [3.8, 4) is 0 Å². The minimum Gasteiger partial charge on any atom is -0.549 e. The van der Waals surface area contributed by atoms with Gasteiger partial charge in [-0.1, -0.05) is 45.2 Å². The van der Waals surface area contributed by atoms with Crippen molar-refractivity contribution >= 4 is 29.3 Å². The fraction of sp³-hybridized carbons (Fsp3) is 0.600. The number of amides is 1. The number of anilines is 1. The number of carboxylic acid groups (broad SMARTS) is 1. The zero-order valence-corrected chi connectivity index (χ0v) is 16.0. The van der Waals surface area contributed by atoms with E-state index in [1.54, 1.807) is 0 Å². The smallest absolute Gasteiger partial charge is 0.230 e. The lowest BCUT2D eigenvalue weighted by Crippen LogP contribution is -2.38. The fourth-order valence-electron chi connectivity index (χ4n) is 3.47. The van der Waals surface area contributed by atoms with Crippen molar-refractivity contribution in [2.24, 2.45) is 11.3 Å². The lowest BCUT2D eigenvalue weighted by atomic mass is 9.69. The highest BCUT2D eigenvalue weighted by atomic mass is 32.2. The Morgan fingerprint density at radius 2 is 1.88 bits per heavy atom. The maximum atomic E-state index is 13.1. The average molecular weight is 363 g/mol. The molecular weight excluding hydrogens is 334 g/mol. The van der Waals surface area contributed by atoms with E-state index >= 15 is 0 Å². The van der Waals surface area contributed by atoms with E-state index in [0.29, 0.717) is 11.6 Å². The molecule has 138 valence electrons. The van der Waals surface area contributed by atoms with Crippen LogP contribution in [-0.2, 0) is 9.59 Å². The maximum absolute atomic E-state index is 13.1. The quantitative estimate of drug-likeness (QED) is 0.713. The summed E-state index contributed by atoms with van der Waals surface area (Å²) in [5, 5.41) is 13.8. The summed E-state index contributed by atoms with van der Waals surface area (Å²) in [7, 11) is 0. The Morgan fingerprint density at radius 3 is 2.52 bits per heavy atom. The highest BCUT2D eigenvalue weighted by Gasteiger charge is 2.39. The molecule has 1 N–H and O–H groups in total. The Labute approximate surface area is 154 Å². The first kappa shape index (κ1) is 19.8. The molecule has 0 spiro atoms. The van der Waals surface area contributed by atoms with E-state index in [1.165, 1.54) is 18.2 Å². The minimum absolute atomic E-state index is 0.0920. The van der Waals surface area contributed by atoms with Gasteiger partial charge in [0.25, 0.3) is 0 Å². The number of aliphatic carboxylic acids is 1. The van der Waals surface area contributed by atoms with E-state index in [-0.39, 0.29) is 17.1 Å². The van der Waals surface area contributed by atoms with Crippen LogP contribution in [0, 0.1) is 11.3 Å². The van der Waals surface area contributed by atoms with Crippen LogP contribution < -0.4 is 10.4 Å². The van der Waals surface area contributed by atoms with Gasteiger partial charge in [0.15, 0.2) is 0 Å². The largest absolute Gasteiger partial charge is 0.549 e. The van der Waals surface area contributed by atoms with E-state index in [1.807, 2.05) is 24.3 Å². The van der Waals surface area contributed by atoms with Crippen LogP contribution in [0.2, 0.25) is 0 Å². The molecule has 4 nitrogen and oxygen atoms in total. The monoisotopic (exact) mass is 362 g/mol. The van der Waals surface area contributed by atoms with Crippen molar-refractivity contribution in [1.82, 2.24) is 0 Å². The molecule has 0 aromatic heterocycles. The van der Waals surface area contributed by atoms with Gasteiger partial charge in [-0.15, -0.1) is 11.8 Å². The fourth-order valence-corrected chi connectivity index (χ4v) is 4.19. The normalized spacial score (nSPS) is 16.6. The predicted molar refractivity (Wildman–Crippen MR) is 100 cm³/mol. The van der Waals surface area contributed by atoms with Gasteiger partial charge in [0.05, 0.1) is 11.7 Å². The number of hydrogen-bond acceptors (Lipinski definition) is 4. The highest BCUT2D eigenvalue weighted by molar-refractivity contribution is 8.00. The zero-order chi connectivity index (χ0) is 18.3. The van der Waals surface area contributed by atoms with Crippen molar-refractivity contribution in [1.29, 1.82) is 0 Å². The third-order valence-corrected chi connectivity index (χ3v) is 6.02. The van der Waals surface area contributed by atoms with E-state index < -0.39 is 5.97 Å². The van der Waals surface area contributed by atoms with Gasteiger partial charge < -0.3 is 15.2 Å².